The zero-order valence-electron chi connectivity index (χ0n) is 9.99. The van der Waals surface area contributed by atoms with Crippen molar-refractivity contribution in [2.45, 2.75) is 13.0 Å². The van der Waals surface area contributed by atoms with Gasteiger partial charge in [-0.15, -0.1) is 5.10 Å². The summed E-state index contributed by atoms with van der Waals surface area (Å²) in [4.78, 5) is 10.5. The summed E-state index contributed by atoms with van der Waals surface area (Å²) in [5, 5.41) is 16.8. The molecule has 7 heteroatoms. The molecule has 1 aromatic carbocycles. The highest BCUT2D eigenvalue weighted by Crippen LogP contribution is 2.15. The van der Waals surface area contributed by atoms with Crippen LogP contribution in [0.5, 0.6) is 5.75 Å². The fraction of sp³-hybridized carbons (Fsp3) is 0.250. The Balaban J connectivity index is 1.80. The van der Waals surface area contributed by atoms with Gasteiger partial charge in [0.2, 0.25) is 0 Å². The van der Waals surface area contributed by atoms with E-state index in [1.54, 1.807) is 35.1 Å². The lowest BCUT2D eigenvalue weighted by molar-refractivity contribution is -0.136. The summed E-state index contributed by atoms with van der Waals surface area (Å²) in [6, 6.07) is 7.05. The third kappa shape index (κ3) is 4.26. The van der Waals surface area contributed by atoms with E-state index in [2.05, 4.69) is 10.3 Å². The van der Waals surface area contributed by atoms with E-state index in [9.17, 15) is 4.79 Å². The summed E-state index contributed by atoms with van der Waals surface area (Å²) < 4.78 is 7.04. The van der Waals surface area contributed by atoms with Crippen LogP contribution in [0.25, 0.3) is 0 Å². The van der Waals surface area contributed by atoms with Gasteiger partial charge in [-0.3, -0.25) is 4.79 Å². The maximum Gasteiger partial charge on any atom is 0.309 e. The van der Waals surface area contributed by atoms with E-state index in [4.69, 9.17) is 21.4 Å². The molecule has 0 saturated heterocycles. The quantitative estimate of drug-likeness (QED) is 0.871. The Morgan fingerprint density at radius 3 is 2.79 bits per heavy atom. The van der Waals surface area contributed by atoms with Crippen molar-refractivity contribution in [1.29, 1.82) is 0 Å². The Kier molecular flexibility index (Phi) is 4.35. The van der Waals surface area contributed by atoms with Crippen LogP contribution in [0.2, 0.25) is 5.02 Å². The van der Waals surface area contributed by atoms with Gasteiger partial charge in [-0.05, 0) is 24.3 Å². The Labute approximate surface area is 114 Å². The molecule has 0 spiro atoms. The first-order chi connectivity index (χ1) is 9.13. The van der Waals surface area contributed by atoms with Gasteiger partial charge in [0.15, 0.2) is 0 Å². The van der Waals surface area contributed by atoms with Gasteiger partial charge in [-0.1, -0.05) is 16.8 Å². The van der Waals surface area contributed by atoms with Gasteiger partial charge in [0.05, 0.1) is 18.7 Å². The van der Waals surface area contributed by atoms with Crippen LogP contribution < -0.4 is 4.74 Å². The molecule has 0 amide bonds. The van der Waals surface area contributed by atoms with Gasteiger partial charge < -0.3 is 9.84 Å². The van der Waals surface area contributed by atoms with Crippen LogP contribution in [-0.2, 0) is 17.8 Å². The number of aliphatic carboxylic acids is 1. The van der Waals surface area contributed by atoms with Crippen LogP contribution in [0, 0.1) is 0 Å². The van der Waals surface area contributed by atoms with Gasteiger partial charge >= 0.3 is 5.97 Å². The first kappa shape index (κ1) is 13.4. The molecular weight excluding hydrogens is 270 g/mol. The topological polar surface area (TPSA) is 77.2 Å². The van der Waals surface area contributed by atoms with Crippen molar-refractivity contribution >= 4 is 17.6 Å². The molecule has 0 unspecified atom stereocenters. The number of aromatic nitrogens is 3. The highest BCUT2D eigenvalue weighted by atomic mass is 35.5. The number of rotatable bonds is 6. The molecule has 0 saturated carbocycles. The Morgan fingerprint density at radius 1 is 1.37 bits per heavy atom. The smallest absolute Gasteiger partial charge is 0.309 e. The molecule has 100 valence electrons. The monoisotopic (exact) mass is 281 g/mol. The minimum Gasteiger partial charge on any atom is -0.492 e. The Bertz CT molecular complexity index is 554. The predicted octanol–water partition coefficient (Wildman–Crippen LogP) is 1.64. The molecular formula is C12H12ClN3O3. The van der Waals surface area contributed by atoms with Crippen LogP contribution in [0.3, 0.4) is 0 Å². The maximum atomic E-state index is 10.5. The van der Waals surface area contributed by atoms with E-state index in [0.717, 1.165) is 5.75 Å². The zero-order chi connectivity index (χ0) is 13.7. The fourth-order valence-electron chi connectivity index (χ4n) is 1.47. The van der Waals surface area contributed by atoms with Crippen LogP contribution in [0.1, 0.15) is 5.69 Å². The molecule has 1 aromatic heterocycles. The lowest BCUT2D eigenvalue weighted by Crippen LogP contribution is -2.08. The summed E-state index contributed by atoms with van der Waals surface area (Å²) in [6.07, 6.45) is 1.47. The second-order valence-electron chi connectivity index (χ2n) is 3.85. The van der Waals surface area contributed by atoms with Crippen molar-refractivity contribution in [1.82, 2.24) is 15.0 Å². The number of carboxylic acid groups (broad SMARTS) is 1. The number of benzene rings is 1. The van der Waals surface area contributed by atoms with Crippen LogP contribution in [0.4, 0.5) is 0 Å². The van der Waals surface area contributed by atoms with E-state index < -0.39 is 5.97 Å². The summed E-state index contributed by atoms with van der Waals surface area (Å²) >= 11 is 5.76. The number of hydrogen-bond acceptors (Lipinski definition) is 4. The molecule has 1 N–H and O–H groups in total. The molecule has 19 heavy (non-hydrogen) atoms. The minimum absolute atomic E-state index is 0.127. The molecule has 0 aliphatic carbocycles. The van der Waals surface area contributed by atoms with E-state index in [1.165, 1.54) is 0 Å². The van der Waals surface area contributed by atoms with Gasteiger partial charge in [0.25, 0.3) is 0 Å². The largest absolute Gasteiger partial charge is 0.492 e. The van der Waals surface area contributed by atoms with Gasteiger partial charge in [0.1, 0.15) is 12.4 Å². The molecule has 6 nitrogen and oxygen atoms in total. The summed E-state index contributed by atoms with van der Waals surface area (Å²) in [5.74, 6) is -0.209. The molecule has 0 aliphatic heterocycles. The Hall–Kier alpha value is -2.08. The highest BCUT2D eigenvalue weighted by molar-refractivity contribution is 6.30. The number of carboxylic acids is 1. The number of nitrogens with zero attached hydrogens (tertiary/aromatic N) is 3. The van der Waals surface area contributed by atoms with Crippen molar-refractivity contribution in [2.24, 2.45) is 0 Å². The standard InChI is InChI=1S/C12H12ClN3O3/c13-9-1-3-11(4-2-9)19-6-5-16-8-10(14-15-16)7-12(17)18/h1-4,8H,5-7H2,(H,17,18). The third-order valence-corrected chi connectivity index (χ3v) is 2.57. The maximum absolute atomic E-state index is 10.5. The zero-order valence-corrected chi connectivity index (χ0v) is 10.7. The van der Waals surface area contributed by atoms with E-state index >= 15 is 0 Å². The van der Waals surface area contributed by atoms with Crippen LogP contribution in [-0.4, -0.2) is 32.7 Å². The van der Waals surface area contributed by atoms with Crippen molar-refractivity contribution < 1.29 is 14.6 Å². The first-order valence-corrected chi connectivity index (χ1v) is 6.00. The molecule has 0 radical (unpaired) electrons. The molecule has 0 atom stereocenters. The number of carbonyl (C=O) groups is 1. The predicted molar refractivity (Wildman–Crippen MR) is 68.3 cm³/mol. The molecule has 0 fully saturated rings. The third-order valence-electron chi connectivity index (χ3n) is 2.32. The molecule has 2 aromatic rings. The van der Waals surface area contributed by atoms with Gasteiger partial charge in [-0.25, -0.2) is 4.68 Å². The molecule has 2 rings (SSSR count). The minimum atomic E-state index is -0.926. The van der Waals surface area contributed by atoms with Gasteiger partial charge in [0, 0.05) is 11.2 Å². The summed E-state index contributed by atoms with van der Waals surface area (Å²) in [5.41, 5.74) is 0.430. The van der Waals surface area contributed by atoms with Crippen LogP contribution >= 0.6 is 11.6 Å². The number of hydrogen-bond donors (Lipinski definition) is 1. The van der Waals surface area contributed by atoms with Crippen molar-refractivity contribution in [3.63, 3.8) is 0 Å². The van der Waals surface area contributed by atoms with Crippen molar-refractivity contribution in [2.75, 3.05) is 6.61 Å². The van der Waals surface area contributed by atoms with Gasteiger partial charge in [-0.2, -0.15) is 0 Å². The summed E-state index contributed by atoms with van der Waals surface area (Å²) in [6.45, 7) is 0.909. The number of halogens is 1. The van der Waals surface area contributed by atoms with Crippen molar-refractivity contribution in [3.05, 3.63) is 41.2 Å². The lowest BCUT2D eigenvalue weighted by Gasteiger charge is -2.05. The van der Waals surface area contributed by atoms with Crippen LogP contribution in [0.15, 0.2) is 30.5 Å². The normalized spacial score (nSPS) is 10.4. The molecule has 0 aliphatic rings. The second kappa shape index (κ2) is 6.19. The SMILES string of the molecule is O=C(O)Cc1cn(CCOc2ccc(Cl)cc2)nn1. The van der Waals surface area contributed by atoms with E-state index in [1.807, 2.05) is 0 Å². The van der Waals surface area contributed by atoms with E-state index in [-0.39, 0.29) is 6.42 Å². The molecule has 1 heterocycles. The number of ether oxygens (including phenoxy) is 1. The lowest BCUT2D eigenvalue weighted by atomic mass is 10.3. The highest BCUT2D eigenvalue weighted by Gasteiger charge is 2.05. The van der Waals surface area contributed by atoms with Crippen molar-refractivity contribution in [3.8, 4) is 5.75 Å². The fourth-order valence-corrected chi connectivity index (χ4v) is 1.60. The summed E-state index contributed by atoms with van der Waals surface area (Å²) in [7, 11) is 0. The first-order valence-electron chi connectivity index (χ1n) is 5.62. The second-order valence-corrected chi connectivity index (χ2v) is 4.28. The molecule has 0 bridgehead atoms. The average molecular weight is 282 g/mol. The van der Waals surface area contributed by atoms with E-state index in [0.29, 0.717) is 23.9 Å². The average Bonchev–Trinajstić information content (AvgIpc) is 2.78. The Morgan fingerprint density at radius 2 is 2.11 bits per heavy atom.